The van der Waals surface area contributed by atoms with Crippen molar-refractivity contribution in [2.24, 2.45) is 0 Å². The van der Waals surface area contributed by atoms with Crippen molar-refractivity contribution in [3.63, 3.8) is 0 Å². The van der Waals surface area contributed by atoms with Crippen LogP contribution < -0.4 is 14.8 Å². The maximum absolute atomic E-state index is 12.3. The summed E-state index contributed by atoms with van der Waals surface area (Å²) in [5.41, 5.74) is 0.701. The van der Waals surface area contributed by atoms with Crippen LogP contribution in [0.5, 0.6) is 11.5 Å². The number of ether oxygens (including phenoxy) is 2. The van der Waals surface area contributed by atoms with Crippen molar-refractivity contribution in [2.45, 2.75) is 26.4 Å². The molecule has 0 radical (unpaired) electrons. The van der Waals surface area contributed by atoms with Crippen molar-refractivity contribution in [3.8, 4) is 11.5 Å². The molecular weight excluding hydrogens is 314 g/mol. The average Bonchev–Trinajstić information content (AvgIpc) is 2.54. The first-order valence-electron chi connectivity index (χ1n) is 7.58. The van der Waals surface area contributed by atoms with E-state index < -0.39 is 6.10 Å². The quantitative estimate of drug-likeness (QED) is 0.809. The minimum atomic E-state index is -0.583. The van der Waals surface area contributed by atoms with Crippen molar-refractivity contribution < 1.29 is 14.3 Å². The van der Waals surface area contributed by atoms with Crippen LogP contribution in [0, 0.1) is 0 Å². The van der Waals surface area contributed by atoms with Crippen LogP contribution in [0.1, 0.15) is 20.3 Å². The molecule has 0 aliphatic carbocycles. The summed E-state index contributed by atoms with van der Waals surface area (Å²) in [6.07, 6.45) is -0.0323. The standard InChI is InChI=1S/C18H20ClNO3/c1-3-17(23-16-7-5-6-13(19)12-16)18(21)20-14-8-10-15(11-9-14)22-4-2/h5-12,17H,3-4H2,1-2H3,(H,20,21). The Balaban J connectivity index is 1.99. The van der Waals surface area contributed by atoms with Gasteiger partial charge in [0.1, 0.15) is 11.5 Å². The summed E-state index contributed by atoms with van der Waals surface area (Å²) in [5, 5.41) is 3.42. The number of rotatable bonds is 7. The molecule has 122 valence electrons. The van der Waals surface area contributed by atoms with Crippen molar-refractivity contribution in [1.82, 2.24) is 0 Å². The second-order valence-electron chi connectivity index (χ2n) is 4.92. The van der Waals surface area contributed by atoms with Crippen molar-refractivity contribution in [3.05, 3.63) is 53.6 Å². The van der Waals surface area contributed by atoms with Gasteiger partial charge in [0.15, 0.2) is 6.10 Å². The number of carbonyl (C=O) groups is 1. The van der Waals surface area contributed by atoms with Gasteiger partial charge in [-0.15, -0.1) is 0 Å². The molecule has 2 rings (SSSR count). The lowest BCUT2D eigenvalue weighted by Gasteiger charge is -2.17. The van der Waals surface area contributed by atoms with Gasteiger partial charge in [0.2, 0.25) is 0 Å². The lowest BCUT2D eigenvalue weighted by atomic mass is 10.2. The first-order valence-corrected chi connectivity index (χ1v) is 7.96. The predicted octanol–water partition coefficient (Wildman–Crippen LogP) is 4.53. The van der Waals surface area contributed by atoms with Crippen LogP contribution in [-0.2, 0) is 4.79 Å². The van der Waals surface area contributed by atoms with Gasteiger partial charge in [0, 0.05) is 10.7 Å². The number of hydrogen-bond donors (Lipinski definition) is 1. The highest BCUT2D eigenvalue weighted by molar-refractivity contribution is 6.30. The first-order chi connectivity index (χ1) is 11.1. The summed E-state index contributed by atoms with van der Waals surface area (Å²) in [4.78, 5) is 12.3. The van der Waals surface area contributed by atoms with E-state index >= 15 is 0 Å². The molecule has 4 nitrogen and oxygen atoms in total. The van der Waals surface area contributed by atoms with Crippen molar-refractivity contribution in [1.29, 1.82) is 0 Å². The second kappa shape index (κ2) is 8.44. The fraction of sp³-hybridized carbons (Fsp3) is 0.278. The average molecular weight is 334 g/mol. The number of amides is 1. The summed E-state index contributed by atoms with van der Waals surface area (Å²) >= 11 is 5.93. The molecule has 0 heterocycles. The van der Waals surface area contributed by atoms with Gasteiger partial charge in [-0.3, -0.25) is 4.79 Å². The molecule has 0 aromatic heterocycles. The minimum absolute atomic E-state index is 0.198. The third-order valence-electron chi connectivity index (χ3n) is 3.17. The van der Waals surface area contributed by atoms with Gasteiger partial charge in [0.05, 0.1) is 6.61 Å². The minimum Gasteiger partial charge on any atom is -0.494 e. The fourth-order valence-corrected chi connectivity index (χ4v) is 2.23. The lowest BCUT2D eigenvalue weighted by Crippen LogP contribution is -2.32. The SMILES string of the molecule is CCOc1ccc(NC(=O)C(CC)Oc2cccc(Cl)c2)cc1. The van der Waals surface area contributed by atoms with Crippen LogP contribution in [0.25, 0.3) is 0 Å². The smallest absolute Gasteiger partial charge is 0.265 e. The Kier molecular flexibility index (Phi) is 6.29. The molecule has 0 spiro atoms. The van der Waals surface area contributed by atoms with Gasteiger partial charge >= 0.3 is 0 Å². The fourth-order valence-electron chi connectivity index (χ4n) is 2.05. The van der Waals surface area contributed by atoms with Crippen LogP contribution in [0.2, 0.25) is 5.02 Å². The van der Waals surface area contributed by atoms with Gasteiger partial charge < -0.3 is 14.8 Å². The molecule has 2 aromatic carbocycles. The normalized spacial score (nSPS) is 11.6. The maximum Gasteiger partial charge on any atom is 0.265 e. The van der Waals surface area contributed by atoms with Gasteiger partial charge in [-0.25, -0.2) is 0 Å². The zero-order valence-electron chi connectivity index (χ0n) is 13.2. The number of anilines is 1. The molecule has 0 aliphatic heterocycles. The number of carbonyl (C=O) groups excluding carboxylic acids is 1. The largest absolute Gasteiger partial charge is 0.494 e. The Morgan fingerprint density at radius 3 is 2.48 bits per heavy atom. The molecular formula is C18H20ClNO3. The molecule has 1 atom stereocenters. The summed E-state index contributed by atoms with van der Waals surface area (Å²) < 4.78 is 11.1. The molecule has 0 aliphatic rings. The molecule has 0 bridgehead atoms. The van der Waals surface area contributed by atoms with E-state index in [2.05, 4.69) is 5.32 Å². The molecule has 0 fully saturated rings. The van der Waals surface area contributed by atoms with Crippen LogP contribution in [0.15, 0.2) is 48.5 Å². The van der Waals surface area contributed by atoms with Crippen molar-refractivity contribution >= 4 is 23.2 Å². The zero-order valence-corrected chi connectivity index (χ0v) is 14.0. The van der Waals surface area contributed by atoms with Gasteiger partial charge in [0.25, 0.3) is 5.91 Å². The van der Waals surface area contributed by atoms with E-state index in [1.807, 2.05) is 26.0 Å². The Morgan fingerprint density at radius 2 is 1.87 bits per heavy atom. The number of benzene rings is 2. The Hall–Kier alpha value is -2.20. The van der Waals surface area contributed by atoms with Crippen LogP contribution >= 0.6 is 11.6 Å². The zero-order chi connectivity index (χ0) is 16.7. The maximum atomic E-state index is 12.3. The summed E-state index contributed by atoms with van der Waals surface area (Å²) in [6.45, 7) is 4.43. The third-order valence-corrected chi connectivity index (χ3v) is 3.41. The van der Waals surface area contributed by atoms with E-state index in [1.165, 1.54) is 0 Å². The van der Waals surface area contributed by atoms with E-state index in [0.29, 0.717) is 29.5 Å². The molecule has 1 N–H and O–H groups in total. The molecule has 1 unspecified atom stereocenters. The number of nitrogens with one attached hydrogen (secondary N) is 1. The van der Waals surface area contributed by atoms with Crippen LogP contribution in [0.3, 0.4) is 0 Å². The Morgan fingerprint density at radius 1 is 1.13 bits per heavy atom. The summed E-state index contributed by atoms with van der Waals surface area (Å²) in [6, 6.07) is 14.2. The molecule has 2 aromatic rings. The van der Waals surface area contributed by atoms with Gasteiger partial charge in [-0.1, -0.05) is 24.6 Å². The highest BCUT2D eigenvalue weighted by Gasteiger charge is 2.18. The number of halogens is 1. The Labute approximate surface area is 141 Å². The third kappa shape index (κ3) is 5.18. The monoisotopic (exact) mass is 333 g/mol. The highest BCUT2D eigenvalue weighted by atomic mass is 35.5. The van der Waals surface area contributed by atoms with E-state index in [1.54, 1.807) is 36.4 Å². The van der Waals surface area contributed by atoms with E-state index in [9.17, 15) is 4.79 Å². The van der Waals surface area contributed by atoms with Crippen LogP contribution in [-0.4, -0.2) is 18.6 Å². The van der Waals surface area contributed by atoms with E-state index in [-0.39, 0.29) is 5.91 Å². The Bertz CT molecular complexity index is 643. The second-order valence-corrected chi connectivity index (χ2v) is 5.36. The molecule has 23 heavy (non-hydrogen) atoms. The molecule has 1 amide bonds. The molecule has 0 saturated heterocycles. The molecule has 0 saturated carbocycles. The highest BCUT2D eigenvalue weighted by Crippen LogP contribution is 2.20. The van der Waals surface area contributed by atoms with Gasteiger partial charge in [-0.2, -0.15) is 0 Å². The summed E-state index contributed by atoms with van der Waals surface area (Å²) in [5.74, 6) is 1.15. The van der Waals surface area contributed by atoms with Crippen LogP contribution in [0.4, 0.5) is 5.69 Å². The topological polar surface area (TPSA) is 47.6 Å². The lowest BCUT2D eigenvalue weighted by molar-refractivity contribution is -0.122. The van der Waals surface area contributed by atoms with E-state index in [4.69, 9.17) is 21.1 Å². The van der Waals surface area contributed by atoms with E-state index in [0.717, 1.165) is 5.75 Å². The number of hydrogen-bond acceptors (Lipinski definition) is 3. The predicted molar refractivity (Wildman–Crippen MR) is 92.4 cm³/mol. The summed E-state index contributed by atoms with van der Waals surface area (Å²) in [7, 11) is 0. The van der Waals surface area contributed by atoms with Crippen molar-refractivity contribution in [2.75, 3.05) is 11.9 Å². The van der Waals surface area contributed by atoms with Gasteiger partial charge in [-0.05, 0) is 55.8 Å². The first kappa shape index (κ1) is 17.2. The molecule has 5 heteroatoms.